The highest BCUT2D eigenvalue weighted by Gasteiger charge is 2.29. The lowest BCUT2D eigenvalue weighted by molar-refractivity contribution is -0.383. The van der Waals surface area contributed by atoms with Crippen molar-refractivity contribution < 1.29 is 9.31 Å². The normalized spacial score (nSPS) is 13.5. The Hall–Kier alpha value is -3.56. The van der Waals surface area contributed by atoms with Crippen molar-refractivity contribution in [3.8, 4) is 11.4 Å². The van der Waals surface area contributed by atoms with Crippen LogP contribution in [0.25, 0.3) is 11.4 Å². The van der Waals surface area contributed by atoms with Crippen molar-refractivity contribution in [2.24, 2.45) is 0 Å². The molecule has 0 atom stereocenters. The molecule has 1 aliphatic rings. The molecule has 2 heterocycles. The van der Waals surface area contributed by atoms with Crippen LogP contribution in [0.2, 0.25) is 0 Å². The van der Waals surface area contributed by atoms with Gasteiger partial charge in [0.25, 0.3) is 0 Å². The summed E-state index contributed by atoms with van der Waals surface area (Å²) in [6, 6.07) is 7.69. The van der Waals surface area contributed by atoms with E-state index < -0.39 is 4.92 Å². The third-order valence-corrected chi connectivity index (χ3v) is 4.31. The fourth-order valence-electron chi connectivity index (χ4n) is 2.75. The Bertz CT molecular complexity index is 999. The number of benzene rings is 1. The summed E-state index contributed by atoms with van der Waals surface area (Å²) in [5, 5.41) is 21.5. The van der Waals surface area contributed by atoms with E-state index in [1.807, 2.05) is 0 Å². The molecule has 2 aromatic heterocycles. The molecule has 1 fully saturated rings. The van der Waals surface area contributed by atoms with E-state index in [1.165, 1.54) is 12.1 Å². The maximum absolute atomic E-state index is 13.0. The van der Waals surface area contributed by atoms with E-state index in [0.29, 0.717) is 18.2 Å². The summed E-state index contributed by atoms with van der Waals surface area (Å²) in [4.78, 5) is 19.1. The van der Waals surface area contributed by atoms with E-state index >= 15 is 0 Å². The lowest BCUT2D eigenvalue weighted by Gasteiger charge is -2.08. The number of halogens is 1. The lowest BCUT2D eigenvalue weighted by Crippen LogP contribution is -2.09. The van der Waals surface area contributed by atoms with Gasteiger partial charge in [-0.25, -0.2) is 9.37 Å². The minimum absolute atomic E-state index is 0.0530. The fraction of sp³-hybridized carbons (Fsp3) is 0.235. The van der Waals surface area contributed by atoms with E-state index in [9.17, 15) is 14.5 Å². The highest BCUT2D eigenvalue weighted by molar-refractivity contribution is 5.75. The second-order valence-electron chi connectivity index (χ2n) is 6.35. The molecule has 0 unspecified atom stereocenters. The first-order valence-corrected chi connectivity index (χ1v) is 8.37. The van der Waals surface area contributed by atoms with E-state index in [4.69, 9.17) is 5.73 Å². The van der Waals surface area contributed by atoms with Crippen LogP contribution in [0.15, 0.2) is 30.3 Å². The largest absolute Gasteiger partial charge is 0.378 e. The molecule has 0 saturated heterocycles. The van der Waals surface area contributed by atoms with Gasteiger partial charge >= 0.3 is 5.69 Å². The second kappa shape index (κ2) is 6.63. The van der Waals surface area contributed by atoms with E-state index in [-0.39, 0.29) is 29.0 Å². The van der Waals surface area contributed by atoms with Crippen LogP contribution >= 0.6 is 0 Å². The smallest absolute Gasteiger partial charge is 0.339 e. The van der Waals surface area contributed by atoms with Crippen molar-refractivity contribution in [1.29, 1.82) is 0 Å². The number of nitrogen functional groups attached to an aromatic ring is 1. The summed E-state index contributed by atoms with van der Waals surface area (Å²) in [7, 11) is 0. The molecule has 1 aliphatic carbocycles. The van der Waals surface area contributed by atoms with Crippen LogP contribution < -0.4 is 11.1 Å². The van der Waals surface area contributed by atoms with Gasteiger partial charge in [0.15, 0.2) is 5.69 Å². The summed E-state index contributed by atoms with van der Waals surface area (Å²) in [5.41, 5.74) is 7.56. The minimum atomic E-state index is -0.611. The number of H-pyrrole nitrogens is 1. The number of rotatable bonds is 6. The van der Waals surface area contributed by atoms with Crippen LogP contribution in [0.5, 0.6) is 0 Å². The van der Waals surface area contributed by atoms with Gasteiger partial charge in [0.1, 0.15) is 11.5 Å². The number of hydrogen-bond donors (Lipinski definition) is 3. The van der Waals surface area contributed by atoms with Crippen LogP contribution in [0.1, 0.15) is 30.0 Å². The van der Waals surface area contributed by atoms with Gasteiger partial charge in [0.05, 0.1) is 4.92 Å². The molecule has 0 amide bonds. The summed E-state index contributed by atoms with van der Waals surface area (Å²) in [5.74, 6) is -0.0293. The molecule has 1 saturated carbocycles. The first-order valence-electron chi connectivity index (χ1n) is 8.37. The second-order valence-corrected chi connectivity index (χ2v) is 6.35. The summed E-state index contributed by atoms with van der Waals surface area (Å²) in [6.07, 6.45) is 2.14. The quantitative estimate of drug-likeness (QED) is 0.449. The van der Waals surface area contributed by atoms with Crippen molar-refractivity contribution in [2.45, 2.75) is 25.3 Å². The average Bonchev–Trinajstić information content (AvgIpc) is 3.37. The molecular formula is C17H16FN7O2. The Morgan fingerprint density at radius 1 is 1.30 bits per heavy atom. The third kappa shape index (κ3) is 3.54. The SMILES string of the molecule is Nc1nc(NCc2ccc(F)cc2)nc(-c2cc(C3CC3)[nH]n2)c1[N+](=O)[O-]. The number of aromatic amines is 1. The van der Waals surface area contributed by atoms with Crippen molar-refractivity contribution in [3.63, 3.8) is 0 Å². The molecule has 4 rings (SSSR count). The number of nitro groups is 1. The average molecular weight is 369 g/mol. The van der Waals surface area contributed by atoms with Crippen LogP contribution in [0.4, 0.5) is 21.8 Å². The highest BCUT2D eigenvalue weighted by Crippen LogP contribution is 2.41. The Morgan fingerprint density at radius 2 is 2.04 bits per heavy atom. The van der Waals surface area contributed by atoms with Crippen LogP contribution in [-0.2, 0) is 6.54 Å². The Kier molecular flexibility index (Phi) is 4.15. The lowest BCUT2D eigenvalue weighted by atomic mass is 10.2. The minimum Gasteiger partial charge on any atom is -0.378 e. The monoisotopic (exact) mass is 369 g/mol. The standard InChI is InChI=1S/C17H16FN7O2/c18-11-5-1-9(2-6-11)8-20-17-21-14(15(25(26)27)16(19)22-17)13-7-12(23-24-13)10-3-4-10/h1-2,5-7,10H,3-4,8H2,(H,23,24)(H3,19,20,21,22). The molecule has 138 valence electrons. The van der Waals surface area contributed by atoms with Crippen molar-refractivity contribution in [3.05, 3.63) is 57.5 Å². The topological polar surface area (TPSA) is 136 Å². The Balaban J connectivity index is 1.65. The maximum atomic E-state index is 13.0. The van der Waals surface area contributed by atoms with E-state index in [1.54, 1.807) is 18.2 Å². The Morgan fingerprint density at radius 3 is 2.70 bits per heavy atom. The molecule has 10 heteroatoms. The molecule has 9 nitrogen and oxygen atoms in total. The molecule has 4 N–H and O–H groups in total. The van der Waals surface area contributed by atoms with Crippen LogP contribution in [0.3, 0.4) is 0 Å². The molecular weight excluding hydrogens is 353 g/mol. The number of anilines is 2. The van der Waals surface area contributed by atoms with Crippen molar-refractivity contribution in [1.82, 2.24) is 20.2 Å². The molecule has 0 spiro atoms. The zero-order chi connectivity index (χ0) is 19.0. The predicted octanol–water partition coefficient (Wildman–Crippen LogP) is 2.99. The highest BCUT2D eigenvalue weighted by atomic mass is 19.1. The molecule has 1 aromatic carbocycles. The zero-order valence-electron chi connectivity index (χ0n) is 14.1. The number of hydrogen-bond acceptors (Lipinski definition) is 7. The zero-order valence-corrected chi connectivity index (χ0v) is 14.1. The van der Waals surface area contributed by atoms with Gasteiger partial charge in [-0.15, -0.1) is 0 Å². The first-order chi connectivity index (χ1) is 13.0. The summed E-state index contributed by atoms with van der Waals surface area (Å²) >= 11 is 0. The van der Waals surface area contributed by atoms with Gasteiger partial charge in [-0.1, -0.05) is 12.1 Å². The molecule has 27 heavy (non-hydrogen) atoms. The van der Waals surface area contributed by atoms with Crippen LogP contribution in [0, 0.1) is 15.9 Å². The number of nitrogens with zero attached hydrogens (tertiary/aromatic N) is 4. The number of aromatic nitrogens is 4. The van der Waals surface area contributed by atoms with Crippen molar-refractivity contribution in [2.75, 3.05) is 11.1 Å². The summed E-state index contributed by atoms with van der Waals surface area (Å²) < 4.78 is 13.0. The van der Waals surface area contributed by atoms with Gasteiger partial charge < -0.3 is 11.1 Å². The van der Waals surface area contributed by atoms with E-state index in [2.05, 4.69) is 25.5 Å². The third-order valence-electron chi connectivity index (χ3n) is 4.31. The number of nitrogens with one attached hydrogen (secondary N) is 2. The first kappa shape index (κ1) is 16.9. The maximum Gasteiger partial charge on any atom is 0.339 e. The van der Waals surface area contributed by atoms with Gasteiger partial charge in [-0.3, -0.25) is 15.2 Å². The molecule has 0 radical (unpaired) electrons. The Labute approximate surface area is 153 Å². The summed E-state index contributed by atoms with van der Waals surface area (Å²) in [6.45, 7) is 0.310. The van der Waals surface area contributed by atoms with Crippen molar-refractivity contribution >= 4 is 17.5 Å². The van der Waals surface area contributed by atoms with Crippen LogP contribution in [-0.4, -0.2) is 25.1 Å². The van der Waals surface area contributed by atoms with Gasteiger partial charge in [0.2, 0.25) is 11.8 Å². The fourth-order valence-corrected chi connectivity index (χ4v) is 2.75. The molecule has 0 bridgehead atoms. The number of nitrogens with two attached hydrogens (primary N) is 1. The predicted molar refractivity (Wildman–Crippen MR) is 96.4 cm³/mol. The van der Waals surface area contributed by atoms with Gasteiger partial charge in [-0.05, 0) is 36.6 Å². The van der Waals surface area contributed by atoms with Gasteiger partial charge in [0, 0.05) is 18.2 Å². The van der Waals surface area contributed by atoms with E-state index in [0.717, 1.165) is 24.1 Å². The van der Waals surface area contributed by atoms with Gasteiger partial charge in [-0.2, -0.15) is 10.1 Å². The molecule has 3 aromatic rings. The molecule has 0 aliphatic heterocycles.